The number of benzodiazepines with no additional fused rings is 1. The number of fused-ring (bicyclic) bond motifs is 1. The van der Waals surface area contributed by atoms with E-state index in [1.54, 1.807) is 0 Å². The number of nitrogens with zero attached hydrogens (tertiary/aromatic N) is 2. The quantitative estimate of drug-likeness (QED) is 0.663. The number of halogens is 1. The Hall–Kier alpha value is -2.13. The summed E-state index contributed by atoms with van der Waals surface area (Å²) < 4.78 is 0. The van der Waals surface area contributed by atoms with Gasteiger partial charge in [0, 0.05) is 22.7 Å². The van der Waals surface area contributed by atoms with Crippen LogP contribution in [0.3, 0.4) is 0 Å². The van der Waals surface area contributed by atoms with Gasteiger partial charge in [0.25, 0.3) is 5.91 Å². The summed E-state index contributed by atoms with van der Waals surface area (Å²) in [6.07, 6.45) is 3.67. The van der Waals surface area contributed by atoms with Crippen LogP contribution in [-0.4, -0.2) is 24.2 Å². The summed E-state index contributed by atoms with van der Waals surface area (Å²) in [5.41, 5.74) is 3.72. The fourth-order valence-electron chi connectivity index (χ4n) is 3.35. The van der Waals surface area contributed by atoms with Gasteiger partial charge in [0.2, 0.25) is 0 Å². The van der Waals surface area contributed by atoms with Crippen molar-refractivity contribution in [3.05, 3.63) is 64.7 Å². The summed E-state index contributed by atoms with van der Waals surface area (Å²) in [5, 5.41) is 0.657. The lowest BCUT2D eigenvalue weighted by Crippen LogP contribution is -2.38. The highest BCUT2D eigenvalue weighted by Crippen LogP contribution is 2.32. The maximum absolute atomic E-state index is 13.3. The van der Waals surface area contributed by atoms with Crippen molar-refractivity contribution in [2.75, 3.05) is 11.4 Å². The van der Waals surface area contributed by atoms with Crippen LogP contribution in [0.5, 0.6) is 0 Å². The minimum Gasteiger partial charge on any atom is -0.310 e. The monoisotopic (exact) mass is 368 g/mol. The number of unbranched alkanes of at least 4 members (excludes halogenated alkanes) is 1. The number of hydrogen-bond acceptors (Lipinski definition) is 2. The van der Waals surface area contributed by atoms with E-state index in [1.807, 2.05) is 53.4 Å². The van der Waals surface area contributed by atoms with Gasteiger partial charge >= 0.3 is 0 Å². The normalized spacial score (nSPS) is 16.9. The number of benzene rings is 2. The number of amides is 1. The largest absolute Gasteiger partial charge is 0.310 e. The average Bonchev–Trinajstić information content (AvgIpc) is 2.76. The number of carbonyl (C=O) groups excluding carboxylic acids is 1. The van der Waals surface area contributed by atoms with Crippen molar-refractivity contribution < 1.29 is 4.79 Å². The molecule has 0 radical (unpaired) electrons. The summed E-state index contributed by atoms with van der Waals surface area (Å²) in [7, 11) is 0. The molecular formula is C22H25ClN2O. The number of anilines is 1. The third kappa shape index (κ3) is 3.83. The van der Waals surface area contributed by atoms with E-state index in [4.69, 9.17) is 16.6 Å². The van der Waals surface area contributed by atoms with Crippen molar-refractivity contribution in [3.8, 4) is 0 Å². The summed E-state index contributed by atoms with van der Waals surface area (Å²) in [6, 6.07) is 15.5. The Labute approximate surface area is 160 Å². The Kier molecular flexibility index (Phi) is 6.10. The zero-order valence-electron chi connectivity index (χ0n) is 15.4. The summed E-state index contributed by atoms with van der Waals surface area (Å²) in [4.78, 5) is 20.1. The molecule has 2 aromatic carbocycles. The Morgan fingerprint density at radius 3 is 2.54 bits per heavy atom. The zero-order chi connectivity index (χ0) is 18.5. The molecule has 26 heavy (non-hydrogen) atoms. The van der Waals surface area contributed by atoms with Gasteiger partial charge in [-0.05, 0) is 31.0 Å². The minimum absolute atomic E-state index is 0.0924. The molecule has 1 unspecified atom stereocenters. The molecule has 4 heteroatoms. The highest BCUT2D eigenvalue weighted by Gasteiger charge is 2.31. The van der Waals surface area contributed by atoms with Crippen molar-refractivity contribution in [3.63, 3.8) is 0 Å². The molecule has 1 amide bonds. The number of carbonyl (C=O) groups is 1. The predicted molar refractivity (Wildman–Crippen MR) is 109 cm³/mol. The smallest absolute Gasteiger partial charge is 0.251 e. The second kappa shape index (κ2) is 8.50. The predicted octanol–water partition coefficient (Wildman–Crippen LogP) is 5.49. The maximum Gasteiger partial charge on any atom is 0.251 e. The SMILES string of the molecule is CCCCN1C(=O)C(CCC)N=C(c2ccccc2)c2cc(Cl)ccc21. The van der Waals surface area contributed by atoms with Crippen molar-refractivity contribution in [2.45, 2.75) is 45.6 Å². The minimum atomic E-state index is -0.349. The second-order valence-electron chi connectivity index (χ2n) is 6.65. The van der Waals surface area contributed by atoms with Crippen LogP contribution in [0.15, 0.2) is 53.5 Å². The van der Waals surface area contributed by atoms with Gasteiger partial charge < -0.3 is 4.90 Å². The third-order valence-electron chi connectivity index (χ3n) is 4.69. The fourth-order valence-corrected chi connectivity index (χ4v) is 3.52. The molecule has 1 aliphatic rings. The zero-order valence-corrected chi connectivity index (χ0v) is 16.2. The molecule has 0 N–H and O–H groups in total. The van der Waals surface area contributed by atoms with Crippen LogP contribution < -0.4 is 4.90 Å². The van der Waals surface area contributed by atoms with E-state index in [2.05, 4.69) is 13.8 Å². The third-order valence-corrected chi connectivity index (χ3v) is 4.92. The van der Waals surface area contributed by atoms with Crippen molar-refractivity contribution in [1.82, 2.24) is 0 Å². The van der Waals surface area contributed by atoms with Gasteiger partial charge in [-0.1, -0.05) is 68.6 Å². The summed E-state index contributed by atoms with van der Waals surface area (Å²) >= 11 is 6.31. The van der Waals surface area contributed by atoms with Crippen molar-refractivity contribution in [1.29, 1.82) is 0 Å². The van der Waals surface area contributed by atoms with Crippen molar-refractivity contribution in [2.24, 2.45) is 4.99 Å². The molecule has 3 nitrogen and oxygen atoms in total. The molecule has 1 heterocycles. The lowest BCUT2D eigenvalue weighted by molar-refractivity contribution is -0.119. The Balaban J connectivity index is 2.19. The van der Waals surface area contributed by atoms with Gasteiger partial charge in [-0.15, -0.1) is 0 Å². The number of aliphatic imine (C=N–C) groups is 1. The Morgan fingerprint density at radius 2 is 1.85 bits per heavy atom. The van der Waals surface area contributed by atoms with Crippen molar-refractivity contribution >= 4 is 28.9 Å². The van der Waals surface area contributed by atoms with Crippen LogP contribution in [0, 0.1) is 0 Å². The topological polar surface area (TPSA) is 32.7 Å². The summed E-state index contributed by atoms with van der Waals surface area (Å²) in [5.74, 6) is 0.0924. The van der Waals surface area contributed by atoms with Crippen LogP contribution in [0.25, 0.3) is 0 Å². The molecule has 0 bridgehead atoms. The van der Waals surface area contributed by atoms with Gasteiger partial charge in [-0.25, -0.2) is 0 Å². The first-order valence-corrected chi connectivity index (χ1v) is 9.78. The molecule has 1 aliphatic heterocycles. The van der Waals surface area contributed by atoms with Gasteiger partial charge in [0.1, 0.15) is 6.04 Å². The van der Waals surface area contributed by atoms with Crippen LogP contribution in [0.2, 0.25) is 5.02 Å². The molecule has 0 saturated carbocycles. The van der Waals surface area contributed by atoms with Gasteiger partial charge in [0.15, 0.2) is 0 Å². The van der Waals surface area contributed by atoms with E-state index < -0.39 is 0 Å². The molecule has 0 spiro atoms. The number of rotatable bonds is 6. The first kappa shape index (κ1) is 18.7. The van der Waals surface area contributed by atoms with Crippen LogP contribution in [0.4, 0.5) is 5.69 Å². The number of hydrogen-bond donors (Lipinski definition) is 0. The maximum atomic E-state index is 13.3. The first-order valence-electron chi connectivity index (χ1n) is 9.40. The van der Waals surface area contributed by atoms with Gasteiger partial charge in [-0.2, -0.15) is 0 Å². The van der Waals surface area contributed by atoms with E-state index >= 15 is 0 Å². The van der Waals surface area contributed by atoms with Crippen LogP contribution in [0.1, 0.15) is 50.7 Å². The second-order valence-corrected chi connectivity index (χ2v) is 7.09. The van der Waals surface area contributed by atoms with E-state index in [0.29, 0.717) is 11.6 Å². The Bertz CT molecular complexity index is 801. The molecule has 136 valence electrons. The molecule has 3 rings (SSSR count). The lowest BCUT2D eigenvalue weighted by Gasteiger charge is -2.25. The molecule has 2 aromatic rings. The van der Waals surface area contributed by atoms with Gasteiger partial charge in [-0.3, -0.25) is 9.79 Å². The fraction of sp³-hybridized carbons (Fsp3) is 0.364. The average molecular weight is 369 g/mol. The molecule has 1 atom stereocenters. The van der Waals surface area contributed by atoms with E-state index in [1.165, 1.54) is 0 Å². The molecule has 0 aliphatic carbocycles. The molecule has 0 saturated heterocycles. The van der Waals surface area contributed by atoms with Gasteiger partial charge in [0.05, 0.1) is 11.4 Å². The highest BCUT2D eigenvalue weighted by molar-refractivity contribution is 6.32. The van der Waals surface area contributed by atoms with E-state index in [0.717, 1.165) is 48.2 Å². The van der Waals surface area contributed by atoms with E-state index in [9.17, 15) is 4.79 Å². The van der Waals surface area contributed by atoms with Crippen LogP contribution >= 0.6 is 11.6 Å². The summed E-state index contributed by atoms with van der Waals surface area (Å²) in [6.45, 7) is 4.94. The van der Waals surface area contributed by atoms with E-state index in [-0.39, 0.29) is 11.9 Å². The molecule has 0 aromatic heterocycles. The van der Waals surface area contributed by atoms with Crippen LogP contribution in [-0.2, 0) is 4.79 Å². The Morgan fingerprint density at radius 1 is 1.08 bits per heavy atom. The molecular weight excluding hydrogens is 344 g/mol. The lowest BCUT2D eigenvalue weighted by atomic mass is 10.00. The molecule has 0 fully saturated rings. The first-order chi connectivity index (χ1) is 12.7. The standard InChI is InChI=1S/C22H25ClN2O/c1-3-5-14-25-20-13-12-17(23)15-18(20)21(16-10-7-6-8-11-16)24-19(9-4-2)22(25)26/h6-8,10-13,15,19H,3-5,9,14H2,1-2H3. The highest BCUT2D eigenvalue weighted by atomic mass is 35.5.